The molecular formula is C19H31NO. The maximum absolute atomic E-state index is 5.97. The van der Waals surface area contributed by atoms with Crippen LogP contribution >= 0.6 is 0 Å². The first-order valence-corrected chi connectivity index (χ1v) is 8.48. The van der Waals surface area contributed by atoms with E-state index < -0.39 is 0 Å². The van der Waals surface area contributed by atoms with Gasteiger partial charge in [0.25, 0.3) is 0 Å². The van der Waals surface area contributed by atoms with E-state index >= 15 is 0 Å². The van der Waals surface area contributed by atoms with Gasteiger partial charge >= 0.3 is 0 Å². The highest BCUT2D eigenvalue weighted by Crippen LogP contribution is 2.32. The van der Waals surface area contributed by atoms with Gasteiger partial charge in [-0.05, 0) is 67.3 Å². The van der Waals surface area contributed by atoms with Crippen LogP contribution in [-0.2, 0) is 6.42 Å². The summed E-state index contributed by atoms with van der Waals surface area (Å²) in [5, 5.41) is 3.68. The molecule has 21 heavy (non-hydrogen) atoms. The van der Waals surface area contributed by atoms with Gasteiger partial charge in [-0.3, -0.25) is 0 Å². The minimum absolute atomic E-state index is 0.333. The molecular weight excluding hydrogens is 258 g/mol. The fraction of sp³-hybridized carbons (Fsp3) is 0.684. The fourth-order valence-electron chi connectivity index (χ4n) is 2.87. The van der Waals surface area contributed by atoms with Crippen LogP contribution in [0.15, 0.2) is 18.2 Å². The minimum atomic E-state index is 0.333. The fourth-order valence-corrected chi connectivity index (χ4v) is 2.87. The molecule has 1 aliphatic carbocycles. The SMILES string of the molecule is CCCNC1CCCc2ccc(OCCC(C)(C)C)cc21. The largest absolute Gasteiger partial charge is 0.494 e. The lowest BCUT2D eigenvalue weighted by Gasteiger charge is -2.27. The molecule has 0 fully saturated rings. The molecule has 0 aromatic heterocycles. The number of ether oxygens (including phenoxy) is 1. The summed E-state index contributed by atoms with van der Waals surface area (Å²) in [6, 6.07) is 7.19. The van der Waals surface area contributed by atoms with Crippen molar-refractivity contribution in [1.29, 1.82) is 0 Å². The summed E-state index contributed by atoms with van der Waals surface area (Å²) < 4.78 is 5.97. The molecule has 0 heterocycles. The smallest absolute Gasteiger partial charge is 0.119 e. The Kier molecular flexibility index (Phi) is 5.69. The molecule has 1 unspecified atom stereocenters. The Morgan fingerprint density at radius 3 is 2.81 bits per heavy atom. The first kappa shape index (κ1) is 16.4. The van der Waals surface area contributed by atoms with Crippen molar-refractivity contribution in [3.63, 3.8) is 0 Å². The van der Waals surface area contributed by atoms with Gasteiger partial charge in [-0.15, -0.1) is 0 Å². The number of benzene rings is 1. The zero-order valence-electron chi connectivity index (χ0n) is 14.2. The Morgan fingerprint density at radius 2 is 2.10 bits per heavy atom. The van der Waals surface area contributed by atoms with Gasteiger partial charge in [-0.25, -0.2) is 0 Å². The standard InChI is InChI=1S/C19H31NO/c1-5-12-20-18-8-6-7-15-9-10-16(14-17(15)18)21-13-11-19(2,3)4/h9-10,14,18,20H,5-8,11-13H2,1-4H3. The number of nitrogens with one attached hydrogen (secondary N) is 1. The van der Waals surface area contributed by atoms with Gasteiger partial charge < -0.3 is 10.1 Å². The summed E-state index contributed by atoms with van der Waals surface area (Å²) in [7, 11) is 0. The monoisotopic (exact) mass is 289 g/mol. The van der Waals surface area contributed by atoms with E-state index in [9.17, 15) is 0 Å². The first-order chi connectivity index (χ1) is 9.99. The highest BCUT2D eigenvalue weighted by molar-refractivity contribution is 5.39. The zero-order valence-corrected chi connectivity index (χ0v) is 14.2. The summed E-state index contributed by atoms with van der Waals surface area (Å²) in [5.74, 6) is 1.03. The lowest BCUT2D eigenvalue weighted by molar-refractivity contribution is 0.242. The van der Waals surface area contributed by atoms with Crippen molar-refractivity contribution in [2.24, 2.45) is 5.41 Å². The van der Waals surface area contributed by atoms with Crippen LogP contribution in [0.25, 0.3) is 0 Å². The average Bonchev–Trinajstić information content (AvgIpc) is 2.43. The Balaban J connectivity index is 2.02. The third kappa shape index (κ3) is 5.03. The predicted molar refractivity (Wildman–Crippen MR) is 90.0 cm³/mol. The van der Waals surface area contributed by atoms with Crippen LogP contribution < -0.4 is 10.1 Å². The van der Waals surface area contributed by atoms with Crippen molar-refractivity contribution in [2.45, 2.75) is 65.8 Å². The van der Waals surface area contributed by atoms with Gasteiger partial charge in [-0.1, -0.05) is 33.8 Å². The second-order valence-corrected chi connectivity index (χ2v) is 7.42. The average molecular weight is 289 g/mol. The minimum Gasteiger partial charge on any atom is -0.494 e. The Morgan fingerprint density at radius 1 is 1.29 bits per heavy atom. The van der Waals surface area contributed by atoms with Gasteiger partial charge in [-0.2, -0.15) is 0 Å². The number of rotatable bonds is 6. The maximum Gasteiger partial charge on any atom is 0.119 e. The van der Waals surface area contributed by atoms with Crippen molar-refractivity contribution < 1.29 is 4.74 Å². The number of hydrogen-bond donors (Lipinski definition) is 1. The van der Waals surface area contributed by atoms with E-state index in [1.165, 1.54) is 36.8 Å². The molecule has 118 valence electrons. The molecule has 1 atom stereocenters. The van der Waals surface area contributed by atoms with E-state index in [0.717, 1.165) is 25.3 Å². The van der Waals surface area contributed by atoms with E-state index in [4.69, 9.17) is 4.74 Å². The maximum atomic E-state index is 5.97. The molecule has 1 N–H and O–H groups in total. The molecule has 1 aromatic carbocycles. The highest BCUT2D eigenvalue weighted by Gasteiger charge is 2.20. The predicted octanol–water partition coefficient (Wildman–Crippen LogP) is 4.88. The number of hydrogen-bond acceptors (Lipinski definition) is 2. The highest BCUT2D eigenvalue weighted by atomic mass is 16.5. The summed E-state index contributed by atoms with van der Waals surface area (Å²) >= 11 is 0. The summed E-state index contributed by atoms with van der Waals surface area (Å²) in [6.07, 6.45) is 6.02. The van der Waals surface area contributed by atoms with Gasteiger partial charge in [0.15, 0.2) is 0 Å². The second-order valence-electron chi connectivity index (χ2n) is 7.42. The molecule has 0 saturated carbocycles. The Bertz CT molecular complexity index is 447. The lowest BCUT2D eigenvalue weighted by atomic mass is 9.87. The van der Waals surface area contributed by atoms with Crippen LogP contribution in [0, 0.1) is 5.41 Å². The normalized spacial score (nSPS) is 18.4. The zero-order chi connectivity index (χ0) is 15.3. The molecule has 2 rings (SSSR count). The number of aryl methyl sites for hydroxylation is 1. The van der Waals surface area contributed by atoms with Crippen LogP contribution in [-0.4, -0.2) is 13.2 Å². The van der Waals surface area contributed by atoms with E-state index in [0.29, 0.717) is 11.5 Å². The quantitative estimate of drug-likeness (QED) is 0.806. The van der Waals surface area contributed by atoms with E-state index in [2.05, 4.69) is 51.2 Å². The number of fused-ring (bicyclic) bond motifs is 1. The molecule has 1 aliphatic rings. The topological polar surface area (TPSA) is 21.3 Å². The molecule has 0 aliphatic heterocycles. The molecule has 0 saturated heterocycles. The first-order valence-electron chi connectivity index (χ1n) is 8.48. The van der Waals surface area contributed by atoms with E-state index in [1.807, 2.05) is 0 Å². The molecule has 0 radical (unpaired) electrons. The molecule has 1 aromatic rings. The van der Waals surface area contributed by atoms with Crippen LogP contribution in [0.4, 0.5) is 0 Å². The van der Waals surface area contributed by atoms with Crippen molar-refractivity contribution >= 4 is 0 Å². The Hall–Kier alpha value is -1.02. The molecule has 0 bridgehead atoms. The third-order valence-electron chi connectivity index (χ3n) is 4.19. The van der Waals surface area contributed by atoms with Gasteiger partial charge in [0.1, 0.15) is 5.75 Å². The summed E-state index contributed by atoms with van der Waals surface area (Å²) in [5.41, 5.74) is 3.29. The third-order valence-corrected chi connectivity index (χ3v) is 4.19. The van der Waals surface area contributed by atoms with Gasteiger partial charge in [0.2, 0.25) is 0 Å². The lowest BCUT2D eigenvalue weighted by Crippen LogP contribution is -2.25. The van der Waals surface area contributed by atoms with Crippen molar-refractivity contribution in [3.8, 4) is 5.75 Å². The van der Waals surface area contributed by atoms with Crippen LogP contribution in [0.5, 0.6) is 5.75 Å². The van der Waals surface area contributed by atoms with Crippen molar-refractivity contribution in [3.05, 3.63) is 29.3 Å². The second kappa shape index (κ2) is 7.31. The van der Waals surface area contributed by atoms with Crippen LogP contribution in [0.2, 0.25) is 0 Å². The Labute approximate surface area is 130 Å². The summed E-state index contributed by atoms with van der Waals surface area (Å²) in [6.45, 7) is 10.9. The van der Waals surface area contributed by atoms with Gasteiger partial charge in [0, 0.05) is 6.04 Å². The molecule has 2 heteroatoms. The van der Waals surface area contributed by atoms with Crippen molar-refractivity contribution in [2.75, 3.05) is 13.2 Å². The van der Waals surface area contributed by atoms with Crippen LogP contribution in [0.3, 0.4) is 0 Å². The molecule has 0 amide bonds. The molecule has 0 spiro atoms. The van der Waals surface area contributed by atoms with E-state index in [1.54, 1.807) is 0 Å². The van der Waals surface area contributed by atoms with Crippen LogP contribution in [0.1, 0.15) is 70.5 Å². The molecule has 2 nitrogen and oxygen atoms in total. The summed E-state index contributed by atoms with van der Waals surface area (Å²) in [4.78, 5) is 0. The van der Waals surface area contributed by atoms with Gasteiger partial charge in [0.05, 0.1) is 6.61 Å². The van der Waals surface area contributed by atoms with Crippen molar-refractivity contribution in [1.82, 2.24) is 5.32 Å². The van der Waals surface area contributed by atoms with E-state index in [-0.39, 0.29) is 0 Å².